The number of nitrogens with zero attached hydrogens (tertiary/aromatic N) is 2. The lowest BCUT2D eigenvalue weighted by Crippen LogP contribution is -2.23. The zero-order chi connectivity index (χ0) is 17.9. The van der Waals surface area contributed by atoms with Gasteiger partial charge in [-0.1, -0.05) is 41.0 Å². The summed E-state index contributed by atoms with van der Waals surface area (Å²) in [6.07, 6.45) is -3.58. The number of amides is 1. The van der Waals surface area contributed by atoms with Crippen molar-refractivity contribution in [1.82, 2.24) is 9.97 Å². The van der Waals surface area contributed by atoms with Crippen LogP contribution in [0.3, 0.4) is 0 Å². The molecule has 1 heterocycles. The van der Waals surface area contributed by atoms with Crippen molar-refractivity contribution in [2.75, 3.05) is 5.32 Å². The molecule has 0 aliphatic heterocycles. The third kappa shape index (κ3) is 4.75. The van der Waals surface area contributed by atoms with E-state index >= 15 is 0 Å². The van der Waals surface area contributed by atoms with Crippen LogP contribution in [-0.2, 0) is 11.0 Å². The van der Waals surface area contributed by atoms with E-state index in [1.165, 1.54) is 6.92 Å². The van der Waals surface area contributed by atoms with Crippen molar-refractivity contribution < 1.29 is 18.0 Å². The van der Waals surface area contributed by atoms with Crippen molar-refractivity contribution in [3.63, 3.8) is 0 Å². The molecule has 2 rings (SSSR count). The van der Waals surface area contributed by atoms with Crippen molar-refractivity contribution in [1.29, 1.82) is 0 Å². The van der Waals surface area contributed by atoms with Gasteiger partial charge in [0.25, 0.3) is 0 Å². The van der Waals surface area contributed by atoms with Gasteiger partial charge in [-0.25, -0.2) is 9.97 Å². The minimum absolute atomic E-state index is 0.155. The van der Waals surface area contributed by atoms with Gasteiger partial charge in [0.15, 0.2) is 5.16 Å². The van der Waals surface area contributed by atoms with E-state index in [-0.39, 0.29) is 20.9 Å². The summed E-state index contributed by atoms with van der Waals surface area (Å²) in [4.78, 5) is 19.3. The number of alkyl halides is 3. The number of aromatic nitrogens is 2. The second-order valence-electron chi connectivity index (χ2n) is 4.57. The number of para-hydroxylation sites is 1. The molecule has 0 saturated heterocycles. The summed E-state index contributed by atoms with van der Waals surface area (Å²) in [6, 6.07) is 5.49. The topological polar surface area (TPSA) is 54.9 Å². The van der Waals surface area contributed by atoms with E-state index in [2.05, 4.69) is 15.3 Å². The summed E-state index contributed by atoms with van der Waals surface area (Å²) in [5, 5.41) is 2.13. The van der Waals surface area contributed by atoms with E-state index in [1.54, 1.807) is 18.2 Å². The van der Waals surface area contributed by atoms with Crippen LogP contribution in [0.5, 0.6) is 0 Å². The predicted octanol–water partition coefficient (Wildman–Crippen LogP) is 4.92. The van der Waals surface area contributed by atoms with Crippen LogP contribution < -0.4 is 5.32 Å². The van der Waals surface area contributed by atoms with Crippen LogP contribution in [0.15, 0.2) is 35.6 Å². The Labute approximate surface area is 149 Å². The summed E-state index contributed by atoms with van der Waals surface area (Å²) in [6.45, 7) is 1.51. The number of thioether (sulfide) groups is 1. The van der Waals surface area contributed by atoms with Crippen molar-refractivity contribution in [3.8, 4) is 0 Å². The van der Waals surface area contributed by atoms with Crippen molar-refractivity contribution in [3.05, 3.63) is 46.2 Å². The molecule has 0 aliphatic rings. The van der Waals surface area contributed by atoms with Crippen LogP contribution in [-0.4, -0.2) is 21.1 Å². The van der Waals surface area contributed by atoms with Gasteiger partial charge in [0.1, 0.15) is 5.69 Å². The Bertz CT molecular complexity index is 738. The molecule has 0 fully saturated rings. The fourth-order valence-corrected chi connectivity index (χ4v) is 2.86. The van der Waals surface area contributed by atoms with Crippen molar-refractivity contribution in [2.45, 2.75) is 23.5 Å². The van der Waals surface area contributed by atoms with E-state index in [0.717, 1.165) is 24.0 Å². The lowest BCUT2D eigenvalue weighted by atomic mass is 10.3. The number of nitrogens with one attached hydrogen (secondary N) is 1. The van der Waals surface area contributed by atoms with Gasteiger partial charge in [0.2, 0.25) is 5.91 Å². The average Bonchev–Trinajstić information content (AvgIpc) is 2.50. The van der Waals surface area contributed by atoms with E-state index in [9.17, 15) is 18.0 Å². The highest BCUT2D eigenvalue weighted by molar-refractivity contribution is 8.00. The van der Waals surface area contributed by atoms with Gasteiger partial charge in [-0.2, -0.15) is 13.2 Å². The quantitative estimate of drug-likeness (QED) is 0.589. The molecular weight excluding hydrogens is 386 g/mol. The summed E-state index contributed by atoms with van der Waals surface area (Å²) < 4.78 is 37.9. The molecule has 0 aliphatic carbocycles. The molecule has 0 spiro atoms. The fourth-order valence-electron chi connectivity index (χ4n) is 1.61. The average molecular weight is 396 g/mol. The Kier molecular flexibility index (Phi) is 5.95. The number of rotatable bonds is 4. The second-order valence-corrected chi connectivity index (χ2v) is 6.69. The first-order chi connectivity index (χ1) is 11.2. The number of hydrogen-bond donors (Lipinski definition) is 1. The van der Waals surface area contributed by atoms with Gasteiger partial charge in [0.05, 0.1) is 21.0 Å². The molecule has 2 aromatic rings. The first-order valence-corrected chi connectivity index (χ1v) is 8.14. The Morgan fingerprint density at radius 3 is 2.46 bits per heavy atom. The second kappa shape index (κ2) is 7.58. The Hall–Kier alpha value is -1.51. The van der Waals surface area contributed by atoms with Gasteiger partial charge in [-0.05, 0) is 25.1 Å². The number of anilines is 1. The molecule has 24 heavy (non-hydrogen) atoms. The van der Waals surface area contributed by atoms with Gasteiger partial charge < -0.3 is 5.32 Å². The van der Waals surface area contributed by atoms with Gasteiger partial charge in [-0.15, -0.1) is 0 Å². The Morgan fingerprint density at radius 2 is 1.88 bits per heavy atom. The largest absolute Gasteiger partial charge is 0.433 e. The summed E-state index contributed by atoms with van der Waals surface area (Å²) in [7, 11) is 0. The lowest BCUT2D eigenvalue weighted by Gasteiger charge is -2.13. The molecule has 1 N–H and O–H groups in total. The molecule has 10 heteroatoms. The smallest absolute Gasteiger partial charge is 0.323 e. The number of benzene rings is 1. The molecule has 0 bridgehead atoms. The molecular formula is C14H10Cl2F3N3OS. The zero-order valence-electron chi connectivity index (χ0n) is 12.1. The SMILES string of the molecule is CC(Sc1nccc(C(F)(F)F)n1)C(=O)Nc1c(Cl)cccc1Cl. The van der Waals surface area contributed by atoms with Gasteiger partial charge >= 0.3 is 6.18 Å². The fraction of sp³-hybridized carbons (Fsp3) is 0.214. The number of hydrogen-bond acceptors (Lipinski definition) is 4. The summed E-state index contributed by atoms with van der Waals surface area (Å²) >= 11 is 12.7. The maximum atomic E-state index is 12.6. The highest BCUT2D eigenvalue weighted by atomic mass is 35.5. The molecule has 1 amide bonds. The normalized spacial score (nSPS) is 12.8. The Morgan fingerprint density at radius 1 is 1.25 bits per heavy atom. The highest BCUT2D eigenvalue weighted by Crippen LogP contribution is 2.32. The minimum Gasteiger partial charge on any atom is -0.323 e. The third-order valence-corrected chi connectivity index (χ3v) is 4.39. The molecule has 1 atom stereocenters. The number of carbonyl (C=O) groups is 1. The van der Waals surface area contributed by atoms with Crippen LogP contribution >= 0.6 is 35.0 Å². The molecule has 0 radical (unpaired) electrons. The van der Waals surface area contributed by atoms with Crippen LogP contribution in [0, 0.1) is 0 Å². The van der Waals surface area contributed by atoms with Crippen molar-refractivity contribution in [2.24, 2.45) is 0 Å². The van der Waals surface area contributed by atoms with Crippen LogP contribution in [0.2, 0.25) is 10.0 Å². The summed E-state index contributed by atoms with van der Waals surface area (Å²) in [5.74, 6) is -0.490. The van der Waals surface area contributed by atoms with E-state index in [1.807, 2.05) is 0 Å². The molecule has 1 aromatic heterocycles. The third-order valence-electron chi connectivity index (χ3n) is 2.79. The van der Waals surface area contributed by atoms with Crippen LogP contribution in [0.25, 0.3) is 0 Å². The minimum atomic E-state index is -4.57. The molecule has 0 saturated carbocycles. The predicted molar refractivity (Wildman–Crippen MR) is 87.4 cm³/mol. The molecule has 1 unspecified atom stereocenters. The molecule has 1 aromatic carbocycles. The molecule has 4 nitrogen and oxygen atoms in total. The highest BCUT2D eigenvalue weighted by Gasteiger charge is 2.33. The summed E-state index contributed by atoms with van der Waals surface area (Å²) in [5.41, 5.74) is -0.829. The Balaban J connectivity index is 2.10. The van der Waals surface area contributed by atoms with Crippen LogP contribution in [0.1, 0.15) is 12.6 Å². The first-order valence-electron chi connectivity index (χ1n) is 6.50. The van der Waals surface area contributed by atoms with E-state index in [0.29, 0.717) is 0 Å². The number of halogens is 5. The maximum absolute atomic E-state index is 12.6. The van der Waals surface area contributed by atoms with Gasteiger partial charge in [0, 0.05) is 6.20 Å². The number of carbonyl (C=O) groups excluding carboxylic acids is 1. The first kappa shape index (κ1) is 18.8. The van der Waals surface area contributed by atoms with Gasteiger partial charge in [-0.3, -0.25) is 4.79 Å². The van der Waals surface area contributed by atoms with E-state index < -0.39 is 23.0 Å². The zero-order valence-corrected chi connectivity index (χ0v) is 14.4. The molecule has 128 valence electrons. The maximum Gasteiger partial charge on any atom is 0.433 e. The monoisotopic (exact) mass is 395 g/mol. The van der Waals surface area contributed by atoms with E-state index in [4.69, 9.17) is 23.2 Å². The van der Waals surface area contributed by atoms with Crippen LogP contribution in [0.4, 0.5) is 18.9 Å². The van der Waals surface area contributed by atoms with Crippen molar-refractivity contribution >= 4 is 46.6 Å². The lowest BCUT2D eigenvalue weighted by molar-refractivity contribution is -0.141. The standard InChI is InChI=1S/C14H10Cl2F3N3OS/c1-7(12(23)22-11-8(15)3-2-4-9(11)16)24-13-20-6-5-10(21-13)14(17,18)19/h2-7H,1H3,(H,22,23).